The van der Waals surface area contributed by atoms with Crippen molar-refractivity contribution in [3.63, 3.8) is 0 Å². The number of benzene rings is 3. The Morgan fingerprint density at radius 1 is 0.943 bits per heavy atom. The molecule has 4 nitrogen and oxygen atoms in total. The molecule has 0 unspecified atom stereocenters. The number of hydrogen-bond acceptors (Lipinski definition) is 3. The quantitative estimate of drug-likeness (QED) is 0.390. The smallest absolute Gasteiger partial charge is 0.227 e. The summed E-state index contributed by atoms with van der Waals surface area (Å²) in [5, 5.41) is 12.9. The van der Waals surface area contributed by atoms with Crippen molar-refractivity contribution in [2.75, 3.05) is 23.3 Å². The minimum atomic E-state index is 0.00131. The zero-order valence-corrected chi connectivity index (χ0v) is 20.8. The van der Waals surface area contributed by atoms with Gasteiger partial charge >= 0.3 is 0 Å². The van der Waals surface area contributed by atoms with Gasteiger partial charge in [-0.25, -0.2) is 0 Å². The van der Waals surface area contributed by atoms with E-state index < -0.39 is 0 Å². The van der Waals surface area contributed by atoms with E-state index in [1.807, 2.05) is 32.0 Å². The lowest BCUT2D eigenvalue weighted by Gasteiger charge is -2.38. The average Bonchev–Trinajstić information content (AvgIpc) is 2.91. The fourth-order valence-electron chi connectivity index (χ4n) is 5.41. The molecule has 1 amide bonds. The van der Waals surface area contributed by atoms with Crippen LogP contribution in [0, 0.1) is 23.2 Å². The third-order valence-electron chi connectivity index (χ3n) is 7.41. The van der Waals surface area contributed by atoms with Gasteiger partial charge in [-0.2, -0.15) is 5.26 Å². The molecule has 1 N–H and O–H groups in total. The van der Waals surface area contributed by atoms with Gasteiger partial charge in [0.1, 0.15) is 6.07 Å². The summed E-state index contributed by atoms with van der Waals surface area (Å²) in [6.45, 7) is 5.88. The molecule has 4 heteroatoms. The van der Waals surface area contributed by atoms with Crippen LogP contribution in [0.2, 0.25) is 0 Å². The number of amides is 1. The third-order valence-corrected chi connectivity index (χ3v) is 7.41. The van der Waals surface area contributed by atoms with Crippen LogP contribution in [-0.2, 0) is 4.79 Å². The topological polar surface area (TPSA) is 56.1 Å². The van der Waals surface area contributed by atoms with Gasteiger partial charge in [-0.3, -0.25) is 4.79 Å². The number of nitrogens with zero attached hydrogens (tertiary/aromatic N) is 2. The van der Waals surface area contributed by atoms with Crippen molar-refractivity contribution in [3.8, 4) is 6.07 Å². The number of nitrogens with one attached hydrogen (secondary N) is 1. The zero-order chi connectivity index (χ0) is 24.6. The molecule has 3 aromatic rings. The monoisotopic (exact) mass is 465 g/mol. The highest BCUT2D eigenvalue weighted by atomic mass is 16.1. The summed E-state index contributed by atoms with van der Waals surface area (Å²) in [6.07, 6.45) is 3.75. The molecule has 4 rings (SSSR count). The Balaban J connectivity index is 1.49. The molecule has 0 atom stereocenters. The Labute approximate surface area is 209 Å². The van der Waals surface area contributed by atoms with E-state index in [1.165, 1.54) is 11.1 Å². The summed E-state index contributed by atoms with van der Waals surface area (Å²) in [6, 6.07) is 29.7. The van der Waals surface area contributed by atoms with Crippen LogP contribution in [0.1, 0.15) is 62.1 Å². The minimum absolute atomic E-state index is 0.00131. The summed E-state index contributed by atoms with van der Waals surface area (Å²) in [5.41, 5.74) is 5.01. The van der Waals surface area contributed by atoms with Crippen LogP contribution in [0.15, 0.2) is 78.9 Å². The lowest BCUT2D eigenvalue weighted by Crippen LogP contribution is -2.36. The average molecular weight is 466 g/mol. The van der Waals surface area contributed by atoms with E-state index in [-0.39, 0.29) is 11.8 Å². The maximum atomic E-state index is 12.5. The van der Waals surface area contributed by atoms with Crippen LogP contribution >= 0.6 is 0 Å². The van der Waals surface area contributed by atoms with Crippen LogP contribution in [-0.4, -0.2) is 19.0 Å². The highest BCUT2D eigenvalue weighted by Gasteiger charge is 2.29. The second kappa shape index (κ2) is 11.7. The second-order valence-electron chi connectivity index (χ2n) is 9.47. The van der Waals surface area contributed by atoms with E-state index >= 15 is 0 Å². The highest BCUT2D eigenvalue weighted by molar-refractivity contribution is 5.93. The Morgan fingerprint density at radius 3 is 2.03 bits per heavy atom. The Kier molecular flexibility index (Phi) is 8.21. The van der Waals surface area contributed by atoms with Gasteiger partial charge in [-0.05, 0) is 60.9 Å². The molecule has 1 fully saturated rings. The first-order valence-corrected chi connectivity index (χ1v) is 12.8. The SMILES string of the molecule is CCC(CC)C(=O)Nc1ccc(N2CCC(C(c3ccccc3)c3ccccc3)CC2)c(C#N)c1. The van der Waals surface area contributed by atoms with Crippen LogP contribution in [0.25, 0.3) is 0 Å². The number of carbonyl (C=O) groups excluding carboxylic acids is 1. The van der Waals surface area contributed by atoms with Crippen molar-refractivity contribution in [3.05, 3.63) is 95.6 Å². The standard InChI is InChI=1S/C31H35N3O/c1-3-23(4-2)31(35)33-28-15-16-29(27(21-28)22-32)34-19-17-26(18-20-34)30(24-11-7-5-8-12-24)25-13-9-6-10-14-25/h5-16,21,23,26,30H,3-4,17-20H2,1-2H3,(H,33,35). The third kappa shape index (κ3) is 5.74. The molecule has 0 aliphatic carbocycles. The van der Waals surface area contributed by atoms with Crippen molar-refractivity contribution in [2.24, 2.45) is 11.8 Å². The van der Waals surface area contributed by atoms with Crippen molar-refractivity contribution in [1.29, 1.82) is 5.26 Å². The molecule has 1 saturated heterocycles. The fourth-order valence-corrected chi connectivity index (χ4v) is 5.41. The van der Waals surface area contributed by atoms with Crippen molar-refractivity contribution >= 4 is 17.3 Å². The van der Waals surface area contributed by atoms with Gasteiger partial charge in [0.2, 0.25) is 5.91 Å². The van der Waals surface area contributed by atoms with Gasteiger partial charge in [-0.15, -0.1) is 0 Å². The van der Waals surface area contributed by atoms with E-state index in [2.05, 4.69) is 76.9 Å². The molecule has 0 saturated carbocycles. The van der Waals surface area contributed by atoms with Crippen LogP contribution in [0.3, 0.4) is 0 Å². The summed E-state index contributed by atoms with van der Waals surface area (Å²) in [7, 11) is 0. The summed E-state index contributed by atoms with van der Waals surface area (Å²) in [5.74, 6) is 0.944. The van der Waals surface area contributed by atoms with Crippen LogP contribution in [0.5, 0.6) is 0 Å². The van der Waals surface area contributed by atoms with Gasteiger partial charge in [0.25, 0.3) is 0 Å². The molecular formula is C31H35N3O. The number of anilines is 2. The Bertz CT molecular complexity index is 1100. The van der Waals surface area contributed by atoms with Gasteiger partial charge in [-0.1, -0.05) is 74.5 Å². The van der Waals surface area contributed by atoms with E-state index in [0.717, 1.165) is 44.5 Å². The van der Waals surface area contributed by atoms with E-state index in [1.54, 1.807) is 0 Å². The first-order valence-electron chi connectivity index (χ1n) is 12.8. The maximum Gasteiger partial charge on any atom is 0.227 e. The molecule has 1 aliphatic heterocycles. The molecule has 0 spiro atoms. The molecule has 1 aliphatic rings. The summed E-state index contributed by atoms with van der Waals surface area (Å²) < 4.78 is 0. The maximum absolute atomic E-state index is 12.5. The number of rotatable bonds is 8. The molecule has 0 bridgehead atoms. The van der Waals surface area contributed by atoms with Crippen LogP contribution < -0.4 is 10.2 Å². The number of carbonyl (C=O) groups is 1. The summed E-state index contributed by atoms with van der Waals surface area (Å²) >= 11 is 0. The fraction of sp³-hybridized carbons (Fsp3) is 0.355. The number of hydrogen-bond donors (Lipinski definition) is 1. The van der Waals surface area contributed by atoms with Crippen LogP contribution in [0.4, 0.5) is 11.4 Å². The number of piperidine rings is 1. The summed E-state index contributed by atoms with van der Waals surface area (Å²) in [4.78, 5) is 14.8. The molecule has 1 heterocycles. The Morgan fingerprint density at radius 2 is 1.51 bits per heavy atom. The predicted octanol–water partition coefficient (Wildman–Crippen LogP) is 6.98. The molecule has 35 heavy (non-hydrogen) atoms. The van der Waals surface area contributed by atoms with Crippen molar-refractivity contribution in [1.82, 2.24) is 0 Å². The molecular weight excluding hydrogens is 430 g/mol. The van der Waals surface area contributed by atoms with Gasteiger partial charge < -0.3 is 10.2 Å². The van der Waals surface area contributed by atoms with E-state index in [0.29, 0.717) is 23.1 Å². The van der Waals surface area contributed by atoms with Gasteiger partial charge in [0.15, 0.2) is 0 Å². The molecule has 3 aromatic carbocycles. The number of nitriles is 1. The van der Waals surface area contributed by atoms with Gasteiger partial charge in [0, 0.05) is 30.6 Å². The molecule has 180 valence electrons. The van der Waals surface area contributed by atoms with Crippen molar-refractivity contribution in [2.45, 2.75) is 45.4 Å². The first kappa shape index (κ1) is 24.5. The second-order valence-corrected chi connectivity index (χ2v) is 9.47. The normalized spacial score (nSPS) is 14.2. The predicted molar refractivity (Wildman–Crippen MR) is 144 cm³/mol. The highest BCUT2D eigenvalue weighted by Crippen LogP contribution is 2.39. The first-order chi connectivity index (χ1) is 17.1. The molecule has 0 radical (unpaired) electrons. The van der Waals surface area contributed by atoms with Gasteiger partial charge in [0.05, 0.1) is 11.3 Å². The van der Waals surface area contributed by atoms with E-state index in [4.69, 9.17) is 0 Å². The lowest BCUT2D eigenvalue weighted by atomic mass is 9.76. The molecule has 0 aromatic heterocycles. The van der Waals surface area contributed by atoms with E-state index in [9.17, 15) is 10.1 Å². The lowest BCUT2D eigenvalue weighted by molar-refractivity contribution is -0.120. The van der Waals surface area contributed by atoms with Crippen molar-refractivity contribution < 1.29 is 4.79 Å². The largest absolute Gasteiger partial charge is 0.370 e. The minimum Gasteiger partial charge on any atom is -0.370 e. The zero-order valence-electron chi connectivity index (χ0n) is 20.8. The Hall–Kier alpha value is -3.58.